The number of aromatic nitrogens is 1. The molecule has 0 saturated heterocycles. The highest BCUT2D eigenvalue weighted by molar-refractivity contribution is 7.89. The van der Waals surface area contributed by atoms with Crippen molar-refractivity contribution in [2.75, 3.05) is 0 Å². The molecule has 0 aliphatic rings. The zero-order chi connectivity index (χ0) is 18.6. The topological polar surface area (TPSA) is 76.1 Å². The molecular weight excluding hydrogens is 372 g/mol. The standard InChI is InChI=1S/C19H15ClN2O3S/c20-17-7-9-18(10-8-17)26(24,25)22-12-14-3-5-15(6-4-14)19(23)16-2-1-11-21-13-16/h1-11,13,22H,12H2. The predicted molar refractivity (Wildman–Crippen MR) is 99.6 cm³/mol. The van der Waals surface area contributed by atoms with E-state index >= 15 is 0 Å². The highest BCUT2D eigenvalue weighted by Crippen LogP contribution is 2.15. The second-order valence-corrected chi connectivity index (χ2v) is 7.75. The van der Waals surface area contributed by atoms with Crippen molar-refractivity contribution in [2.45, 2.75) is 11.4 Å². The van der Waals surface area contributed by atoms with Crippen molar-refractivity contribution in [2.24, 2.45) is 0 Å². The Balaban J connectivity index is 1.68. The average molecular weight is 387 g/mol. The van der Waals surface area contributed by atoms with Crippen molar-refractivity contribution in [1.82, 2.24) is 9.71 Å². The molecule has 26 heavy (non-hydrogen) atoms. The molecule has 0 bridgehead atoms. The van der Waals surface area contributed by atoms with E-state index in [2.05, 4.69) is 9.71 Å². The van der Waals surface area contributed by atoms with E-state index in [1.807, 2.05) is 0 Å². The van der Waals surface area contributed by atoms with E-state index in [0.29, 0.717) is 16.1 Å². The molecule has 0 atom stereocenters. The molecule has 0 radical (unpaired) electrons. The SMILES string of the molecule is O=C(c1ccc(CNS(=O)(=O)c2ccc(Cl)cc2)cc1)c1cccnc1. The van der Waals surface area contributed by atoms with Gasteiger partial charge in [-0.2, -0.15) is 0 Å². The van der Waals surface area contributed by atoms with E-state index in [9.17, 15) is 13.2 Å². The van der Waals surface area contributed by atoms with Gasteiger partial charge in [0.25, 0.3) is 0 Å². The zero-order valence-corrected chi connectivity index (χ0v) is 15.2. The van der Waals surface area contributed by atoms with Crippen LogP contribution in [0, 0.1) is 0 Å². The van der Waals surface area contributed by atoms with Crippen LogP contribution in [-0.2, 0) is 16.6 Å². The second-order valence-electron chi connectivity index (χ2n) is 5.55. The van der Waals surface area contributed by atoms with Gasteiger partial charge in [0.15, 0.2) is 5.78 Å². The lowest BCUT2D eigenvalue weighted by atomic mass is 10.0. The molecule has 0 spiro atoms. The number of nitrogens with one attached hydrogen (secondary N) is 1. The van der Waals surface area contributed by atoms with Gasteiger partial charge in [-0.15, -0.1) is 0 Å². The molecule has 2 aromatic carbocycles. The summed E-state index contributed by atoms with van der Waals surface area (Å²) in [5.41, 5.74) is 1.76. The maximum absolute atomic E-state index is 12.3. The first-order valence-corrected chi connectivity index (χ1v) is 9.61. The number of ketones is 1. The first kappa shape index (κ1) is 18.3. The Kier molecular flexibility index (Phi) is 5.46. The number of halogens is 1. The lowest BCUT2D eigenvalue weighted by molar-refractivity contribution is 0.103. The van der Waals surface area contributed by atoms with Crippen LogP contribution in [0.1, 0.15) is 21.5 Å². The summed E-state index contributed by atoms with van der Waals surface area (Å²) in [5, 5.41) is 0.470. The first-order valence-electron chi connectivity index (χ1n) is 7.74. The molecule has 1 heterocycles. The van der Waals surface area contributed by atoms with E-state index in [-0.39, 0.29) is 17.2 Å². The lowest BCUT2D eigenvalue weighted by Gasteiger charge is -2.08. The summed E-state index contributed by atoms with van der Waals surface area (Å²) in [6.07, 6.45) is 3.11. The Labute approximate surface area is 156 Å². The Morgan fingerprint density at radius 1 is 0.962 bits per heavy atom. The van der Waals surface area contributed by atoms with Crippen LogP contribution in [-0.4, -0.2) is 19.2 Å². The van der Waals surface area contributed by atoms with Crippen LogP contribution in [0.25, 0.3) is 0 Å². The minimum Gasteiger partial charge on any atom is -0.289 e. The molecule has 0 aliphatic carbocycles. The monoisotopic (exact) mass is 386 g/mol. The third-order valence-electron chi connectivity index (χ3n) is 3.73. The quantitative estimate of drug-likeness (QED) is 0.658. The number of sulfonamides is 1. The highest BCUT2D eigenvalue weighted by atomic mass is 35.5. The molecule has 0 saturated carbocycles. The fourth-order valence-electron chi connectivity index (χ4n) is 2.31. The third-order valence-corrected chi connectivity index (χ3v) is 5.40. The zero-order valence-electron chi connectivity index (χ0n) is 13.6. The minimum absolute atomic E-state index is 0.117. The maximum atomic E-state index is 12.3. The van der Waals surface area contributed by atoms with Gasteiger partial charge in [-0.05, 0) is 42.0 Å². The summed E-state index contributed by atoms with van der Waals surface area (Å²) < 4.78 is 27.0. The van der Waals surface area contributed by atoms with Crippen LogP contribution in [0.2, 0.25) is 5.02 Å². The third kappa shape index (κ3) is 4.35. The fraction of sp³-hybridized carbons (Fsp3) is 0.0526. The van der Waals surface area contributed by atoms with Gasteiger partial charge in [0.1, 0.15) is 0 Å². The minimum atomic E-state index is -3.63. The van der Waals surface area contributed by atoms with Gasteiger partial charge in [0.2, 0.25) is 10.0 Å². The van der Waals surface area contributed by atoms with Gasteiger partial charge < -0.3 is 0 Å². The average Bonchev–Trinajstić information content (AvgIpc) is 2.67. The molecule has 1 N–H and O–H groups in total. The molecule has 1 aromatic heterocycles. The van der Waals surface area contributed by atoms with Crippen LogP contribution < -0.4 is 4.72 Å². The fourth-order valence-corrected chi connectivity index (χ4v) is 3.46. The number of carbonyl (C=O) groups excluding carboxylic acids is 1. The van der Waals surface area contributed by atoms with Crippen LogP contribution in [0.3, 0.4) is 0 Å². The number of hydrogen-bond donors (Lipinski definition) is 1. The van der Waals surface area contributed by atoms with Crippen molar-refractivity contribution < 1.29 is 13.2 Å². The summed E-state index contributed by atoms with van der Waals surface area (Å²) in [6, 6.07) is 16.1. The van der Waals surface area contributed by atoms with Crippen molar-refractivity contribution in [1.29, 1.82) is 0 Å². The highest BCUT2D eigenvalue weighted by Gasteiger charge is 2.14. The van der Waals surface area contributed by atoms with Crippen LogP contribution in [0.15, 0.2) is 78.0 Å². The number of pyridine rings is 1. The number of rotatable bonds is 6. The summed E-state index contributed by atoms with van der Waals surface area (Å²) in [5.74, 6) is -0.133. The molecule has 0 aliphatic heterocycles. The number of hydrogen-bond acceptors (Lipinski definition) is 4. The molecular formula is C19H15ClN2O3S. The lowest BCUT2D eigenvalue weighted by Crippen LogP contribution is -2.23. The van der Waals surface area contributed by atoms with Crippen molar-refractivity contribution in [3.8, 4) is 0 Å². The Bertz CT molecular complexity index is 1000. The van der Waals surface area contributed by atoms with Crippen LogP contribution in [0.5, 0.6) is 0 Å². The molecule has 7 heteroatoms. The van der Waals surface area contributed by atoms with Crippen molar-refractivity contribution >= 4 is 27.4 Å². The summed E-state index contributed by atoms with van der Waals surface area (Å²) in [7, 11) is -3.63. The maximum Gasteiger partial charge on any atom is 0.240 e. The Morgan fingerprint density at radius 2 is 1.65 bits per heavy atom. The van der Waals surface area contributed by atoms with Gasteiger partial charge in [-0.25, -0.2) is 13.1 Å². The van der Waals surface area contributed by atoms with Gasteiger partial charge in [-0.3, -0.25) is 9.78 Å². The van der Waals surface area contributed by atoms with E-state index in [4.69, 9.17) is 11.6 Å². The molecule has 0 amide bonds. The second kappa shape index (κ2) is 7.78. The first-order chi connectivity index (χ1) is 12.5. The number of benzene rings is 2. The Hall–Kier alpha value is -2.54. The van der Waals surface area contributed by atoms with Gasteiger partial charge in [-0.1, -0.05) is 35.9 Å². The van der Waals surface area contributed by atoms with Crippen LogP contribution in [0.4, 0.5) is 0 Å². The summed E-state index contributed by atoms with van der Waals surface area (Å²) >= 11 is 5.77. The normalized spacial score (nSPS) is 11.3. The molecule has 5 nitrogen and oxygen atoms in total. The molecule has 0 unspecified atom stereocenters. The molecule has 132 valence electrons. The van der Waals surface area contributed by atoms with E-state index in [0.717, 1.165) is 5.56 Å². The Morgan fingerprint density at radius 3 is 2.27 bits per heavy atom. The number of carbonyl (C=O) groups is 1. The van der Waals surface area contributed by atoms with Crippen molar-refractivity contribution in [3.63, 3.8) is 0 Å². The molecule has 3 rings (SSSR count). The van der Waals surface area contributed by atoms with E-state index in [1.54, 1.807) is 42.6 Å². The van der Waals surface area contributed by atoms with Gasteiger partial charge in [0.05, 0.1) is 4.90 Å². The number of nitrogens with zero attached hydrogens (tertiary/aromatic N) is 1. The van der Waals surface area contributed by atoms with Gasteiger partial charge in [0, 0.05) is 35.1 Å². The van der Waals surface area contributed by atoms with E-state index in [1.165, 1.54) is 30.5 Å². The summed E-state index contributed by atoms with van der Waals surface area (Å²) in [6.45, 7) is 0.117. The predicted octanol–water partition coefficient (Wildman–Crippen LogP) is 3.44. The van der Waals surface area contributed by atoms with E-state index < -0.39 is 10.0 Å². The smallest absolute Gasteiger partial charge is 0.240 e. The van der Waals surface area contributed by atoms with Gasteiger partial charge >= 0.3 is 0 Å². The largest absolute Gasteiger partial charge is 0.289 e. The molecule has 0 fully saturated rings. The molecule has 3 aromatic rings. The van der Waals surface area contributed by atoms with Crippen LogP contribution >= 0.6 is 11.6 Å². The summed E-state index contributed by atoms with van der Waals surface area (Å²) in [4.78, 5) is 16.4. The van der Waals surface area contributed by atoms with Crippen molar-refractivity contribution in [3.05, 3.63) is 94.8 Å².